The van der Waals surface area contributed by atoms with Gasteiger partial charge in [0.2, 0.25) is 0 Å². The number of nitrogens with zero attached hydrogens (tertiary/aromatic N) is 1. The molecule has 0 radical (unpaired) electrons. The summed E-state index contributed by atoms with van der Waals surface area (Å²) in [7, 11) is 0. The van der Waals surface area contributed by atoms with Crippen LogP contribution in [0.3, 0.4) is 0 Å². The molecule has 0 aliphatic carbocycles. The zero-order valence-electron chi connectivity index (χ0n) is 8.52. The number of aryl methyl sites for hydroxylation is 1. The van der Waals surface area contributed by atoms with Crippen molar-refractivity contribution in [1.29, 1.82) is 0 Å². The van der Waals surface area contributed by atoms with Gasteiger partial charge in [-0.05, 0) is 30.2 Å². The number of halogens is 1. The summed E-state index contributed by atoms with van der Waals surface area (Å²) in [4.78, 5) is 3.87. The second-order valence-electron chi connectivity index (χ2n) is 3.56. The normalized spacial score (nSPS) is 12.4. The fourth-order valence-corrected chi connectivity index (χ4v) is 1.55. The van der Waals surface area contributed by atoms with Gasteiger partial charge in [0.25, 0.3) is 0 Å². The molecule has 1 heterocycles. The van der Waals surface area contributed by atoms with Crippen molar-refractivity contribution in [2.75, 3.05) is 0 Å². The van der Waals surface area contributed by atoms with E-state index in [1.807, 2.05) is 25.1 Å². The van der Waals surface area contributed by atoms with E-state index in [1.165, 1.54) is 0 Å². The van der Waals surface area contributed by atoms with E-state index in [2.05, 4.69) is 4.98 Å². The van der Waals surface area contributed by atoms with Crippen LogP contribution in [0.1, 0.15) is 22.9 Å². The Kier molecular flexibility index (Phi) is 2.77. The molecule has 0 aliphatic heterocycles. The molecule has 0 saturated heterocycles. The van der Waals surface area contributed by atoms with Crippen LogP contribution in [0.25, 0.3) is 0 Å². The van der Waals surface area contributed by atoms with Gasteiger partial charge in [0, 0.05) is 12.4 Å². The van der Waals surface area contributed by atoms with E-state index < -0.39 is 6.17 Å². The molecule has 2 heteroatoms. The minimum atomic E-state index is -1.06. The van der Waals surface area contributed by atoms with Crippen LogP contribution in [0, 0.1) is 6.92 Å². The number of hydrogen-bond donors (Lipinski definition) is 0. The van der Waals surface area contributed by atoms with Crippen molar-refractivity contribution in [3.05, 3.63) is 65.5 Å². The van der Waals surface area contributed by atoms with Gasteiger partial charge in [0.1, 0.15) is 0 Å². The number of rotatable bonds is 2. The number of aromatic nitrogens is 1. The van der Waals surface area contributed by atoms with Crippen molar-refractivity contribution in [3.63, 3.8) is 0 Å². The van der Waals surface area contributed by atoms with E-state index in [9.17, 15) is 4.39 Å². The average molecular weight is 201 g/mol. The summed E-state index contributed by atoms with van der Waals surface area (Å²) in [6, 6.07) is 10.9. The summed E-state index contributed by atoms with van der Waals surface area (Å²) in [5.74, 6) is 0. The molecule has 1 aromatic carbocycles. The minimum absolute atomic E-state index is 0.649. The first kappa shape index (κ1) is 9.84. The Balaban J connectivity index is 2.32. The molecule has 0 saturated carbocycles. The Labute approximate surface area is 88.6 Å². The first-order valence-corrected chi connectivity index (χ1v) is 4.88. The van der Waals surface area contributed by atoms with E-state index in [0.717, 1.165) is 5.56 Å². The largest absolute Gasteiger partial charge is 0.265 e. The van der Waals surface area contributed by atoms with Crippen LogP contribution in [0.15, 0.2) is 48.8 Å². The van der Waals surface area contributed by atoms with E-state index in [4.69, 9.17) is 0 Å². The quantitative estimate of drug-likeness (QED) is 0.725. The molecular weight excluding hydrogens is 189 g/mol. The van der Waals surface area contributed by atoms with Crippen LogP contribution in [0.5, 0.6) is 0 Å². The minimum Gasteiger partial charge on any atom is -0.265 e. The summed E-state index contributed by atoms with van der Waals surface area (Å²) < 4.78 is 14.0. The molecule has 1 unspecified atom stereocenters. The van der Waals surface area contributed by atoms with Crippen molar-refractivity contribution in [1.82, 2.24) is 4.98 Å². The Morgan fingerprint density at radius 2 is 1.80 bits per heavy atom. The van der Waals surface area contributed by atoms with E-state index in [-0.39, 0.29) is 0 Å². The summed E-state index contributed by atoms with van der Waals surface area (Å²) in [5.41, 5.74) is 2.42. The maximum atomic E-state index is 14.0. The predicted molar refractivity (Wildman–Crippen MR) is 58.4 cm³/mol. The third-order valence-corrected chi connectivity index (χ3v) is 2.33. The third-order valence-electron chi connectivity index (χ3n) is 2.33. The molecule has 2 rings (SSSR count). The molecule has 15 heavy (non-hydrogen) atoms. The number of hydrogen-bond acceptors (Lipinski definition) is 1. The van der Waals surface area contributed by atoms with Crippen molar-refractivity contribution in [2.45, 2.75) is 13.1 Å². The van der Waals surface area contributed by atoms with Gasteiger partial charge in [0.15, 0.2) is 6.17 Å². The van der Waals surface area contributed by atoms with Crippen LogP contribution in [0.2, 0.25) is 0 Å². The number of pyridine rings is 1. The molecule has 0 aliphatic rings. The molecule has 0 bridgehead atoms. The van der Waals surface area contributed by atoms with E-state index >= 15 is 0 Å². The fraction of sp³-hybridized carbons (Fsp3) is 0.154. The highest BCUT2D eigenvalue weighted by molar-refractivity contribution is 5.31. The van der Waals surface area contributed by atoms with Gasteiger partial charge in [-0.1, -0.05) is 29.8 Å². The van der Waals surface area contributed by atoms with Crippen molar-refractivity contribution in [3.8, 4) is 0 Å². The first-order chi connectivity index (χ1) is 7.27. The van der Waals surface area contributed by atoms with Crippen molar-refractivity contribution < 1.29 is 4.39 Å². The maximum Gasteiger partial charge on any atom is 0.150 e. The van der Waals surface area contributed by atoms with Crippen LogP contribution < -0.4 is 0 Å². The van der Waals surface area contributed by atoms with Crippen LogP contribution in [-0.4, -0.2) is 4.98 Å². The summed E-state index contributed by atoms with van der Waals surface area (Å²) in [6.45, 7) is 1.96. The van der Waals surface area contributed by atoms with Crippen molar-refractivity contribution in [2.24, 2.45) is 0 Å². The first-order valence-electron chi connectivity index (χ1n) is 4.88. The van der Waals surface area contributed by atoms with Gasteiger partial charge in [-0.25, -0.2) is 4.39 Å². The fourth-order valence-electron chi connectivity index (χ4n) is 1.55. The Morgan fingerprint density at radius 3 is 2.47 bits per heavy atom. The summed E-state index contributed by atoms with van der Waals surface area (Å²) in [5, 5.41) is 0. The highest BCUT2D eigenvalue weighted by Gasteiger charge is 2.11. The number of benzene rings is 1. The van der Waals surface area contributed by atoms with Gasteiger partial charge in [-0.2, -0.15) is 0 Å². The molecule has 1 atom stereocenters. The monoisotopic (exact) mass is 201 g/mol. The molecule has 0 spiro atoms. The zero-order valence-corrected chi connectivity index (χ0v) is 8.52. The molecular formula is C13H12FN. The lowest BCUT2D eigenvalue weighted by molar-refractivity contribution is 0.401. The molecule has 1 nitrogen and oxygen atoms in total. The predicted octanol–water partition coefficient (Wildman–Crippen LogP) is 3.45. The van der Waals surface area contributed by atoms with Crippen LogP contribution >= 0.6 is 0 Å². The Bertz CT molecular complexity index is 439. The second-order valence-corrected chi connectivity index (χ2v) is 3.56. The van der Waals surface area contributed by atoms with Gasteiger partial charge < -0.3 is 0 Å². The Hall–Kier alpha value is -1.70. The van der Waals surface area contributed by atoms with Gasteiger partial charge in [-0.15, -0.1) is 0 Å². The molecule has 76 valence electrons. The van der Waals surface area contributed by atoms with Crippen LogP contribution in [0.4, 0.5) is 4.39 Å². The van der Waals surface area contributed by atoms with Crippen LogP contribution in [-0.2, 0) is 0 Å². The average Bonchev–Trinajstić information content (AvgIpc) is 2.29. The second kappa shape index (κ2) is 4.22. The maximum absolute atomic E-state index is 14.0. The van der Waals surface area contributed by atoms with E-state index in [0.29, 0.717) is 11.1 Å². The third kappa shape index (κ3) is 2.21. The molecule has 0 amide bonds. The molecule has 1 aromatic heterocycles. The standard InChI is InChI=1S/C13H12FN/c1-10-3-2-4-12(9-10)13(14)11-5-7-15-8-6-11/h2-9,13H,1H3. The SMILES string of the molecule is Cc1cccc(C(F)c2ccncc2)c1. The molecule has 0 N–H and O–H groups in total. The summed E-state index contributed by atoms with van der Waals surface area (Å²) >= 11 is 0. The van der Waals surface area contributed by atoms with Crippen molar-refractivity contribution >= 4 is 0 Å². The molecule has 2 aromatic rings. The number of alkyl halides is 1. The van der Waals surface area contributed by atoms with Gasteiger partial charge in [0.05, 0.1) is 0 Å². The highest BCUT2D eigenvalue weighted by atomic mass is 19.1. The lowest BCUT2D eigenvalue weighted by atomic mass is 10.0. The lowest BCUT2D eigenvalue weighted by Crippen LogP contribution is -1.94. The smallest absolute Gasteiger partial charge is 0.150 e. The summed E-state index contributed by atoms with van der Waals surface area (Å²) in [6.07, 6.45) is 2.16. The van der Waals surface area contributed by atoms with E-state index in [1.54, 1.807) is 30.6 Å². The molecule has 0 fully saturated rings. The lowest BCUT2D eigenvalue weighted by Gasteiger charge is -2.08. The topological polar surface area (TPSA) is 12.9 Å². The Morgan fingerprint density at radius 1 is 1.07 bits per heavy atom. The highest BCUT2D eigenvalue weighted by Crippen LogP contribution is 2.25. The van der Waals surface area contributed by atoms with Gasteiger partial charge in [-0.3, -0.25) is 4.98 Å². The zero-order chi connectivity index (χ0) is 10.7. The van der Waals surface area contributed by atoms with Gasteiger partial charge >= 0.3 is 0 Å².